The lowest BCUT2D eigenvalue weighted by atomic mass is 10.1. The van der Waals surface area contributed by atoms with Gasteiger partial charge in [0.15, 0.2) is 0 Å². The van der Waals surface area contributed by atoms with Gasteiger partial charge in [0.2, 0.25) is 10.0 Å². The van der Waals surface area contributed by atoms with Crippen LogP contribution in [0.1, 0.15) is 19.4 Å². The molecule has 0 saturated heterocycles. The van der Waals surface area contributed by atoms with Crippen molar-refractivity contribution in [1.29, 1.82) is 0 Å². The van der Waals surface area contributed by atoms with E-state index in [9.17, 15) is 26.4 Å². The van der Waals surface area contributed by atoms with Crippen LogP contribution < -0.4 is 4.72 Å². The lowest BCUT2D eigenvalue weighted by Gasteiger charge is -2.18. The van der Waals surface area contributed by atoms with Crippen LogP contribution in [0.15, 0.2) is 29.2 Å². The van der Waals surface area contributed by atoms with Crippen molar-refractivity contribution >= 4 is 16.0 Å². The van der Waals surface area contributed by atoms with Crippen molar-refractivity contribution in [3.05, 3.63) is 29.8 Å². The molecule has 2 N–H and O–H groups in total. The van der Waals surface area contributed by atoms with E-state index in [1.165, 1.54) is 13.8 Å². The molecule has 0 radical (unpaired) electrons. The van der Waals surface area contributed by atoms with Crippen molar-refractivity contribution in [1.82, 2.24) is 4.72 Å². The molecule has 0 amide bonds. The summed E-state index contributed by atoms with van der Waals surface area (Å²) in [5.74, 6) is -1.97. The number of hydrogen-bond donors (Lipinski definition) is 2. The molecule has 5 nitrogen and oxygen atoms in total. The van der Waals surface area contributed by atoms with E-state index in [-0.39, 0.29) is 0 Å². The highest BCUT2D eigenvalue weighted by Crippen LogP contribution is 2.30. The highest BCUT2D eigenvalue weighted by molar-refractivity contribution is 7.89. The first-order valence-electron chi connectivity index (χ1n) is 5.87. The minimum Gasteiger partial charge on any atom is -0.480 e. The Morgan fingerprint density at radius 1 is 1.29 bits per heavy atom. The fraction of sp³-hybridized carbons (Fsp3) is 0.417. The number of sulfonamides is 1. The van der Waals surface area contributed by atoms with Gasteiger partial charge in [-0.1, -0.05) is 19.9 Å². The number of carboxylic acids is 1. The van der Waals surface area contributed by atoms with E-state index in [0.717, 1.165) is 18.2 Å². The Kier molecular flexibility index (Phi) is 5.00. The third-order valence-corrected chi connectivity index (χ3v) is 4.13. The lowest BCUT2D eigenvalue weighted by Crippen LogP contribution is -2.44. The maximum atomic E-state index is 12.6. The lowest BCUT2D eigenvalue weighted by molar-refractivity contribution is -0.140. The van der Waals surface area contributed by atoms with E-state index in [2.05, 4.69) is 0 Å². The van der Waals surface area contributed by atoms with Gasteiger partial charge in [0.05, 0.1) is 10.5 Å². The predicted octanol–water partition coefficient (Wildman–Crippen LogP) is 2.09. The quantitative estimate of drug-likeness (QED) is 0.868. The highest BCUT2D eigenvalue weighted by Gasteiger charge is 2.33. The third kappa shape index (κ3) is 4.43. The summed E-state index contributed by atoms with van der Waals surface area (Å²) in [4.78, 5) is 10.3. The topological polar surface area (TPSA) is 83.5 Å². The molecule has 1 aromatic rings. The summed E-state index contributed by atoms with van der Waals surface area (Å²) in [5.41, 5.74) is -1.12. The number of halogens is 3. The first-order chi connectivity index (χ1) is 9.45. The summed E-state index contributed by atoms with van der Waals surface area (Å²) < 4.78 is 63.6. The van der Waals surface area contributed by atoms with Crippen LogP contribution >= 0.6 is 0 Å². The minimum atomic E-state index is -4.68. The number of alkyl halides is 3. The molecule has 0 fully saturated rings. The Morgan fingerprint density at radius 3 is 2.29 bits per heavy atom. The highest BCUT2D eigenvalue weighted by atomic mass is 32.2. The summed E-state index contributed by atoms with van der Waals surface area (Å²) in [6, 6.07) is 1.68. The van der Waals surface area contributed by atoms with Gasteiger partial charge in [-0.2, -0.15) is 17.9 Å². The SMILES string of the molecule is CC(C)[C@H](NS(=O)(=O)c1cccc(C(F)(F)F)c1)C(=O)O. The Morgan fingerprint density at radius 2 is 1.86 bits per heavy atom. The summed E-state index contributed by atoms with van der Waals surface area (Å²) in [6.07, 6.45) is -4.68. The normalized spacial score (nSPS) is 14.2. The zero-order chi connectivity index (χ0) is 16.4. The van der Waals surface area contributed by atoms with Gasteiger partial charge < -0.3 is 5.11 Å². The molecule has 9 heteroatoms. The van der Waals surface area contributed by atoms with Crippen LogP contribution in [-0.2, 0) is 21.0 Å². The summed E-state index contributed by atoms with van der Waals surface area (Å²) >= 11 is 0. The molecule has 0 aliphatic rings. The van der Waals surface area contributed by atoms with Gasteiger partial charge in [-0.15, -0.1) is 0 Å². The maximum absolute atomic E-state index is 12.6. The first-order valence-corrected chi connectivity index (χ1v) is 7.36. The molecular formula is C12H14F3NO4S. The van der Waals surface area contributed by atoms with Gasteiger partial charge >= 0.3 is 12.1 Å². The van der Waals surface area contributed by atoms with Crippen LogP contribution in [0.4, 0.5) is 13.2 Å². The van der Waals surface area contributed by atoms with Gasteiger partial charge in [0, 0.05) is 0 Å². The monoisotopic (exact) mass is 325 g/mol. The molecule has 1 atom stereocenters. The number of aliphatic carboxylic acids is 1. The predicted molar refractivity (Wildman–Crippen MR) is 68.0 cm³/mol. The Bertz CT molecular complexity index is 626. The third-order valence-electron chi connectivity index (χ3n) is 2.69. The summed E-state index contributed by atoms with van der Waals surface area (Å²) in [5, 5.41) is 8.93. The van der Waals surface area contributed by atoms with Crippen LogP contribution in [0.5, 0.6) is 0 Å². The summed E-state index contributed by atoms with van der Waals surface area (Å²) in [6.45, 7) is 2.96. The largest absolute Gasteiger partial charge is 0.480 e. The maximum Gasteiger partial charge on any atom is 0.416 e. The molecule has 0 aliphatic carbocycles. The van der Waals surface area contributed by atoms with Crippen LogP contribution in [0, 0.1) is 5.92 Å². The zero-order valence-corrected chi connectivity index (χ0v) is 12.0. The standard InChI is InChI=1S/C12H14F3NO4S/c1-7(2)10(11(17)18)16-21(19,20)9-5-3-4-8(6-9)12(13,14)15/h3-7,10,16H,1-2H3,(H,17,18)/t10-/m0/s1. The van der Waals surface area contributed by atoms with Gasteiger partial charge in [-0.25, -0.2) is 8.42 Å². The molecule has 0 bridgehead atoms. The number of nitrogens with one attached hydrogen (secondary N) is 1. The molecule has 21 heavy (non-hydrogen) atoms. The average Bonchev–Trinajstić information content (AvgIpc) is 2.34. The summed E-state index contributed by atoms with van der Waals surface area (Å²) in [7, 11) is -4.36. The van der Waals surface area contributed by atoms with Crippen LogP contribution in [0.2, 0.25) is 0 Å². The molecule has 0 heterocycles. The van der Waals surface area contributed by atoms with Crippen molar-refractivity contribution in [2.24, 2.45) is 5.92 Å². The van der Waals surface area contributed by atoms with E-state index >= 15 is 0 Å². The number of benzene rings is 1. The number of carbonyl (C=O) groups is 1. The van der Waals surface area contributed by atoms with Crippen molar-refractivity contribution in [3.63, 3.8) is 0 Å². The van der Waals surface area contributed by atoms with Crippen molar-refractivity contribution in [2.45, 2.75) is 31.0 Å². The fourth-order valence-electron chi connectivity index (χ4n) is 1.55. The zero-order valence-electron chi connectivity index (χ0n) is 11.2. The average molecular weight is 325 g/mol. The minimum absolute atomic E-state index is 0.460. The molecule has 0 aliphatic heterocycles. The smallest absolute Gasteiger partial charge is 0.416 e. The van der Waals surface area contributed by atoms with Crippen molar-refractivity contribution in [2.75, 3.05) is 0 Å². The van der Waals surface area contributed by atoms with Gasteiger partial charge in [0.1, 0.15) is 6.04 Å². The van der Waals surface area contributed by atoms with Crippen LogP contribution in [0.25, 0.3) is 0 Å². The van der Waals surface area contributed by atoms with E-state index in [0.29, 0.717) is 6.07 Å². The Labute approximate surface area is 119 Å². The van der Waals surface area contributed by atoms with Gasteiger partial charge in [-0.05, 0) is 24.1 Å². The number of hydrogen-bond acceptors (Lipinski definition) is 3. The van der Waals surface area contributed by atoms with Crippen LogP contribution in [-0.4, -0.2) is 25.5 Å². The van der Waals surface area contributed by atoms with Crippen LogP contribution in [0.3, 0.4) is 0 Å². The van der Waals surface area contributed by atoms with Crippen molar-refractivity contribution in [3.8, 4) is 0 Å². The molecule has 1 rings (SSSR count). The molecule has 1 aromatic carbocycles. The van der Waals surface area contributed by atoms with E-state index < -0.39 is 44.6 Å². The molecule has 0 aromatic heterocycles. The molecular weight excluding hydrogens is 311 g/mol. The Hall–Kier alpha value is -1.61. The van der Waals surface area contributed by atoms with Gasteiger partial charge in [0.25, 0.3) is 0 Å². The van der Waals surface area contributed by atoms with Gasteiger partial charge in [-0.3, -0.25) is 4.79 Å². The second-order valence-corrected chi connectivity index (χ2v) is 6.42. The number of rotatable bonds is 5. The molecule has 0 saturated carbocycles. The second-order valence-electron chi connectivity index (χ2n) is 4.71. The molecule has 118 valence electrons. The second kappa shape index (κ2) is 6.02. The van der Waals surface area contributed by atoms with E-state index in [1.807, 2.05) is 4.72 Å². The number of carboxylic acid groups (broad SMARTS) is 1. The molecule has 0 spiro atoms. The first kappa shape index (κ1) is 17.4. The Balaban J connectivity index is 3.17. The van der Waals surface area contributed by atoms with E-state index in [1.54, 1.807) is 0 Å². The van der Waals surface area contributed by atoms with Crippen molar-refractivity contribution < 1.29 is 31.5 Å². The fourth-order valence-corrected chi connectivity index (χ4v) is 2.93. The molecule has 0 unspecified atom stereocenters. The van der Waals surface area contributed by atoms with E-state index in [4.69, 9.17) is 5.11 Å².